The monoisotopic (exact) mass is 496 g/mol. The Kier molecular flexibility index (Phi) is 9.42. The zero-order valence-electron chi connectivity index (χ0n) is 21.1. The van der Waals surface area contributed by atoms with Gasteiger partial charge in [-0.3, -0.25) is 14.4 Å². The van der Waals surface area contributed by atoms with Gasteiger partial charge in [0, 0.05) is 38.9 Å². The molecular weight excluding hydrogens is 464 g/mol. The fraction of sp³-hybridized carbons (Fsp3) is 0.444. The molecule has 1 aliphatic rings. The predicted octanol–water partition coefficient (Wildman–Crippen LogP) is 2.51. The maximum absolute atomic E-state index is 13.2. The van der Waals surface area contributed by atoms with Crippen LogP contribution < -0.4 is 5.32 Å². The minimum Gasteiger partial charge on any atom is -0.466 e. The molecule has 2 aromatic rings. The van der Waals surface area contributed by atoms with E-state index in [0.29, 0.717) is 42.1 Å². The van der Waals surface area contributed by atoms with Gasteiger partial charge in [-0.2, -0.15) is 0 Å². The Morgan fingerprint density at radius 1 is 1.17 bits per heavy atom. The Hall–Kier alpha value is -3.45. The van der Waals surface area contributed by atoms with Gasteiger partial charge in [0.05, 0.1) is 5.56 Å². The molecule has 2 heterocycles. The van der Waals surface area contributed by atoms with Crippen LogP contribution in [-0.4, -0.2) is 68.7 Å². The smallest absolute Gasteiger partial charge is 0.254 e. The summed E-state index contributed by atoms with van der Waals surface area (Å²) >= 11 is 0. The molecule has 1 aromatic carbocycles. The quantitative estimate of drug-likeness (QED) is 0.420. The SMILES string of the molecule is CNC(=O)[C@@](C)(C(=O)COC1CCCCO1)N(C)C(=O)c1ccc(C#Cc2coc(COC)c2)cc1. The van der Waals surface area contributed by atoms with E-state index in [1.807, 2.05) is 0 Å². The lowest BCUT2D eigenvalue weighted by Gasteiger charge is -2.36. The van der Waals surface area contributed by atoms with Crippen molar-refractivity contribution >= 4 is 17.6 Å². The Labute approximate surface area is 211 Å². The number of ketones is 1. The fourth-order valence-electron chi connectivity index (χ4n) is 3.76. The number of hydrogen-bond donors (Lipinski definition) is 1. The number of nitrogens with zero attached hydrogens (tertiary/aromatic N) is 1. The first-order valence-corrected chi connectivity index (χ1v) is 11.7. The van der Waals surface area contributed by atoms with E-state index in [0.717, 1.165) is 17.7 Å². The zero-order valence-corrected chi connectivity index (χ0v) is 21.1. The van der Waals surface area contributed by atoms with Gasteiger partial charge >= 0.3 is 0 Å². The van der Waals surface area contributed by atoms with E-state index in [2.05, 4.69) is 17.2 Å². The van der Waals surface area contributed by atoms with E-state index in [1.54, 1.807) is 43.7 Å². The van der Waals surface area contributed by atoms with Crippen LogP contribution in [-0.2, 0) is 30.4 Å². The number of ether oxygens (including phenoxy) is 3. The molecule has 0 saturated carbocycles. The molecule has 2 amide bonds. The fourth-order valence-corrected chi connectivity index (χ4v) is 3.76. The third kappa shape index (κ3) is 6.40. The summed E-state index contributed by atoms with van der Waals surface area (Å²) in [6.07, 6.45) is 3.64. The van der Waals surface area contributed by atoms with E-state index in [1.165, 1.54) is 21.0 Å². The lowest BCUT2D eigenvalue weighted by Crippen LogP contribution is -2.62. The third-order valence-corrected chi connectivity index (χ3v) is 6.15. The molecule has 2 atom stereocenters. The minimum atomic E-state index is -1.76. The second kappa shape index (κ2) is 12.5. The van der Waals surface area contributed by atoms with Gasteiger partial charge in [0.15, 0.2) is 17.6 Å². The Balaban J connectivity index is 1.71. The lowest BCUT2D eigenvalue weighted by atomic mass is 9.92. The van der Waals surface area contributed by atoms with E-state index < -0.39 is 29.4 Å². The first-order chi connectivity index (χ1) is 17.3. The molecule has 3 rings (SSSR count). The van der Waals surface area contributed by atoms with Crippen LogP contribution in [0.15, 0.2) is 41.0 Å². The summed E-state index contributed by atoms with van der Waals surface area (Å²) in [7, 11) is 4.43. The average Bonchev–Trinajstić information content (AvgIpc) is 3.37. The molecule has 0 aliphatic carbocycles. The van der Waals surface area contributed by atoms with Crippen molar-refractivity contribution in [1.29, 1.82) is 0 Å². The van der Waals surface area contributed by atoms with Crippen LogP contribution >= 0.6 is 0 Å². The van der Waals surface area contributed by atoms with Gasteiger partial charge in [0.1, 0.15) is 25.2 Å². The van der Waals surface area contributed by atoms with Crippen molar-refractivity contribution in [3.8, 4) is 11.8 Å². The van der Waals surface area contributed by atoms with E-state index >= 15 is 0 Å². The molecule has 1 N–H and O–H groups in total. The second-order valence-corrected chi connectivity index (χ2v) is 8.61. The van der Waals surface area contributed by atoms with Crippen LogP contribution in [0.25, 0.3) is 0 Å². The van der Waals surface area contributed by atoms with Gasteiger partial charge in [0.2, 0.25) is 0 Å². The predicted molar refractivity (Wildman–Crippen MR) is 131 cm³/mol. The van der Waals surface area contributed by atoms with Gasteiger partial charge < -0.3 is 28.8 Å². The molecule has 1 saturated heterocycles. The molecule has 9 nitrogen and oxygen atoms in total. The highest BCUT2D eigenvalue weighted by atomic mass is 16.7. The van der Waals surface area contributed by atoms with Gasteiger partial charge in [-0.15, -0.1) is 0 Å². The number of furan rings is 1. The number of rotatable bonds is 9. The normalized spacial score (nSPS) is 16.8. The summed E-state index contributed by atoms with van der Waals surface area (Å²) in [5.74, 6) is 5.06. The van der Waals surface area contributed by atoms with E-state index in [4.69, 9.17) is 18.6 Å². The number of carbonyl (C=O) groups excluding carboxylic acids is 3. The highest BCUT2D eigenvalue weighted by Crippen LogP contribution is 2.21. The van der Waals surface area contributed by atoms with Crippen molar-refractivity contribution in [2.24, 2.45) is 0 Å². The average molecular weight is 497 g/mol. The highest BCUT2D eigenvalue weighted by Gasteiger charge is 2.46. The number of amides is 2. The first-order valence-electron chi connectivity index (χ1n) is 11.7. The molecule has 36 heavy (non-hydrogen) atoms. The van der Waals surface area contributed by atoms with Crippen molar-refractivity contribution in [1.82, 2.24) is 10.2 Å². The largest absolute Gasteiger partial charge is 0.466 e. The van der Waals surface area contributed by atoms with Gasteiger partial charge in [-0.05, 0) is 56.5 Å². The van der Waals surface area contributed by atoms with Crippen LogP contribution in [0.1, 0.15) is 53.4 Å². The topological polar surface area (TPSA) is 107 Å². The lowest BCUT2D eigenvalue weighted by molar-refractivity contribution is -0.174. The van der Waals surface area contributed by atoms with Crippen molar-refractivity contribution in [2.45, 2.75) is 44.6 Å². The first kappa shape index (κ1) is 27.1. The standard InChI is InChI=1S/C27H32N2O7/c1-27(26(32)28-2,23(30)18-36-24-7-5-6-14-34-24)29(3)25(31)21-12-10-19(11-13-21)8-9-20-15-22(17-33-4)35-16-20/h10-13,15-16,24H,5-7,14,17-18H2,1-4H3,(H,28,32)/t24?,27-/m1/s1. The van der Waals surface area contributed by atoms with Crippen molar-refractivity contribution in [3.63, 3.8) is 0 Å². The number of benzene rings is 1. The zero-order chi connectivity index (χ0) is 26.1. The summed E-state index contributed by atoms with van der Waals surface area (Å²) in [4.78, 5) is 40.3. The molecule has 1 aliphatic heterocycles. The second-order valence-electron chi connectivity index (χ2n) is 8.61. The summed E-state index contributed by atoms with van der Waals surface area (Å²) in [6, 6.07) is 8.41. The Morgan fingerprint density at radius 2 is 1.89 bits per heavy atom. The van der Waals surface area contributed by atoms with Crippen LogP contribution in [0, 0.1) is 11.8 Å². The number of carbonyl (C=O) groups is 3. The Morgan fingerprint density at radius 3 is 2.53 bits per heavy atom. The minimum absolute atomic E-state index is 0.313. The Bertz CT molecular complexity index is 1120. The van der Waals surface area contributed by atoms with Gasteiger partial charge in [-0.1, -0.05) is 11.8 Å². The van der Waals surface area contributed by atoms with Crippen LogP contribution in [0.2, 0.25) is 0 Å². The number of methoxy groups -OCH3 is 1. The third-order valence-electron chi connectivity index (χ3n) is 6.15. The van der Waals surface area contributed by atoms with Crippen molar-refractivity contribution in [2.75, 3.05) is 34.4 Å². The van der Waals surface area contributed by atoms with Gasteiger partial charge in [-0.25, -0.2) is 0 Å². The number of hydrogen-bond acceptors (Lipinski definition) is 7. The molecule has 0 bridgehead atoms. The summed E-state index contributed by atoms with van der Waals surface area (Å²) in [6.45, 7) is 2.01. The maximum Gasteiger partial charge on any atom is 0.254 e. The van der Waals surface area contributed by atoms with E-state index in [-0.39, 0.29) is 6.61 Å². The summed E-state index contributed by atoms with van der Waals surface area (Å²) in [5, 5.41) is 2.49. The van der Waals surface area contributed by atoms with Gasteiger partial charge in [0.25, 0.3) is 11.8 Å². The summed E-state index contributed by atoms with van der Waals surface area (Å²) < 4.78 is 21.5. The molecular formula is C27H32N2O7. The number of nitrogens with one attached hydrogen (secondary N) is 1. The number of likely N-dealkylation sites (N-methyl/N-ethyl adjacent to an activating group) is 2. The van der Waals surface area contributed by atoms with Crippen molar-refractivity contribution < 1.29 is 33.0 Å². The molecule has 0 spiro atoms. The maximum atomic E-state index is 13.2. The van der Waals surface area contributed by atoms with Crippen LogP contribution in [0.4, 0.5) is 0 Å². The molecule has 192 valence electrons. The van der Waals surface area contributed by atoms with Crippen LogP contribution in [0.3, 0.4) is 0 Å². The van der Waals surface area contributed by atoms with E-state index in [9.17, 15) is 14.4 Å². The number of Topliss-reactive ketones (excluding diaryl/α,β-unsaturated/α-hetero) is 1. The molecule has 1 unspecified atom stereocenters. The molecule has 1 aromatic heterocycles. The van der Waals surface area contributed by atoms with Crippen LogP contribution in [0.5, 0.6) is 0 Å². The molecule has 1 fully saturated rings. The summed E-state index contributed by atoms with van der Waals surface area (Å²) in [5.41, 5.74) is -0.0502. The van der Waals surface area contributed by atoms with Crippen molar-refractivity contribution in [3.05, 3.63) is 59.0 Å². The molecule has 9 heteroatoms. The highest BCUT2D eigenvalue weighted by molar-refractivity contribution is 6.14. The molecule has 0 radical (unpaired) electrons.